The van der Waals surface area contributed by atoms with Gasteiger partial charge in [-0.2, -0.15) is 13.2 Å². The van der Waals surface area contributed by atoms with Crippen molar-refractivity contribution >= 4 is 45.9 Å². The normalized spacial score (nSPS) is 15.5. The van der Waals surface area contributed by atoms with E-state index in [0.717, 1.165) is 23.5 Å². The maximum atomic E-state index is 12.8. The standard InChI is InChI=1S/C28H22F6N8O5S/c29-27(30,31)25(45)46-22(18-6-1-2-10-35-18)23(44)37-26-41-40-24(48-26)16-9-11-42(14-16)20-8-7-19(38-39-20)36-21(43)13-15-4-3-5-17(12-15)47-28(32,33)34/h1-8,10,12,16,22H,9,11,13-14H2,(H,36,38,43)(H,37,41,44). The second kappa shape index (κ2) is 14.2. The van der Waals surface area contributed by atoms with Crippen LogP contribution in [0.4, 0.5) is 43.1 Å². The third-order valence-electron chi connectivity index (χ3n) is 6.60. The Hall–Kier alpha value is -5.40. The number of carbonyl (C=O) groups excluding carboxylic acids is 3. The van der Waals surface area contributed by atoms with E-state index in [1.807, 2.05) is 4.90 Å². The van der Waals surface area contributed by atoms with Crippen LogP contribution in [0.25, 0.3) is 0 Å². The molecule has 2 amide bonds. The zero-order valence-electron chi connectivity index (χ0n) is 24.2. The summed E-state index contributed by atoms with van der Waals surface area (Å²) in [6, 6.07) is 12.3. The monoisotopic (exact) mass is 696 g/mol. The van der Waals surface area contributed by atoms with Crippen molar-refractivity contribution in [3.8, 4) is 5.75 Å². The number of alkyl halides is 6. The van der Waals surface area contributed by atoms with Crippen LogP contribution in [0, 0.1) is 0 Å². The molecule has 4 aromatic rings. The highest BCUT2D eigenvalue weighted by molar-refractivity contribution is 7.15. The number of nitrogens with zero attached hydrogens (tertiary/aromatic N) is 6. The van der Waals surface area contributed by atoms with Crippen LogP contribution in [0.1, 0.15) is 34.7 Å². The van der Waals surface area contributed by atoms with Crippen molar-refractivity contribution in [3.05, 3.63) is 77.1 Å². The zero-order valence-corrected chi connectivity index (χ0v) is 25.0. The van der Waals surface area contributed by atoms with Crippen LogP contribution >= 0.6 is 11.3 Å². The first-order valence-corrected chi connectivity index (χ1v) is 14.6. The number of amides is 2. The van der Waals surface area contributed by atoms with Crippen molar-refractivity contribution in [3.63, 3.8) is 0 Å². The summed E-state index contributed by atoms with van der Waals surface area (Å²) in [6.45, 7) is 0.969. The minimum atomic E-state index is -5.33. The molecule has 1 saturated heterocycles. The summed E-state index contributed by atoms with van der Waals surface area (Å²) in [6.07, 6.45) is -10.6. The Morgan fingerprint density at radius 2 is 1.77 bits per heavy atom. The van der Waals surface area contributed by atoms with E-state index < -0.39 is 42.2 Å². The molecule has 1 fully saturated rings. The number of rotatable bonds is 10. The van der Waals surface area contributed by atoms with Gasteiger partial charge in [0.2, 0.25) is 17.1 Å². The van der Waals surface area contributed by atoms with Gasteiger partial charge in [-0.3, -0.25) is 19.9 Å². The topological polar surface area (TPSA) is 161 Å². The van der Waals surface area contributed by atoms with Gasteiger partial charge in [0.25, 0.3) is 5.91 Å². The molecule has 0 radical (unpaired) electrons. The number of hydrogen-bond acceptors (Lipinski definition) is 12. The lowest BCUT2D eigenvalue weighted by molar-refractivity contribution is -0.274. The summed E-state index contributed by atoms with van der Waals surface area (Å²) in [5, 5.41) is 21.5. The molecule has 0 saturated carbocycles. The molecule has 2 unspecified atom stereocenters. The third-order valence-corrected chi connectivity index (χ3v) is 7.60. The second-order valence-corrected chi connectivity index (χ2v) is 11.1. The summed E-state index contributed by atoms with van der Waals surface area (Å²) in [5.74, 6) is -4.19. The van der Waals surface area contributed by atoms with E-state index in [-0.39, 0.29) is 29.0 Å². The first-order valence-electron chi connectivity index (χ1n) is 13.8. The predicted molar refractivity (Wildman–Crippen MR) is 155 cm³/mol. The fourth-order valence-electron chi connectivity index (χ4n) is 4.53. The molecule has 1 aliphatic heterocycles. The number of anilines is 3. The Kier molecular flexibility index (Phi) is 10.0. The number of pyridine rings is 1. The fraction of sp³-hybridized carbons (Fsp3) is 0.286. The number of halogens is 6. The van der Waals surface area contributed by atoms with E-state index >= 15 is 0 Å². The number of benzene rings is 1. The fourth-order valence-corrected chi connectivity index (χ4v) is 5.40. The molecule has 20 heteroatoms. The molecular weight excluding hydrogens is 674 g/mol. The van der Waals surface area contributed by atoms with Crippen molar-refractivity contribution in [2.75, 3.05) is 28.6 Å². The Labute approximate surface area is 270 Å². The lowest BCUT2D eigenvalue weighted by atomic mass is 10.1. The van der Waals surface area contributed by atoms with Gasteiger partial charge in [0.15, 0.2) is 11.6 Å². The number of hydrogen-bond donors (Lipinski definition) is 2. The van der Waals surface area contributed by atoms with Crippen LogP contribution in [-0.2, 0) is 25.5 Å². The van der Waals surface area contributed by atoms with Gasteiger partial charge in [0.05, 0.1) is 12.1 Å². The number of esters is 1. The number of ether oxygens (including phenoxy) is 2. The predicted octanol–water partition coefficient (Wildman–Crippen LogP) is 4.58. The molecule has 252 valence electrons. The molecule has 0 bridgehead atoms. The third kappa shape index (κ3) is 9.11. The van der Waals surface area contributed by atoms with Crippen LogP contribution in [0.3, 0.4) is 0 Å². The van der Waals surface area contributed by atoms with Gasteiger partial charge < -0.3 is 19.7 Å². The second-order valence-electron chi connectivity index (χ2n) is 10.1. The van der Waals surface area contributed by atoms with E-state index in [9.17, 15) is 40.7 Å². The minimum absolute atomic E-state index is 0.0306. The highest BCUT2D eigenvalue weighted by Gasteiger charge is 2.44. The van der Waals surface area contributed by atoms with Crippen molar-refractivity contribution in [1.82, 2.24) is 25.4 Å². The lowest BCUT2D eigenvalue weighted by Gasteiger charge is -2.17. The number of aromatic nitrogens is 5. The van der Waals surface area contributed by atoms with Crippen LogP contribution in [0.15, 0.2) is 60.8 Å². The Morgan fingerprint density at radius 3 is 2.46 bits per heavy atom. The highest BCUT2D eigenvalue weighted by atomic mass is 32.1. The van der Waals surface area contributed by atoms with Crippen molar-refractivity contribution in [2.45, 2.75) is 37.4 Å². The SMILES string of the molecule is O=C(Cc1cccc(OC(F)(F)F)c1)Nc1ccc(N2CCC(c3nnc(NC(=O)C(OC(=O)C(F)(F)F)c4ccccn4)s3)C2)nn1. The van der Waals surface area contributed by atoms with Crippen LogP contribution in [0.5, 0.6) is 5.75 Å². The molecule has 5 rings (SSSR count). The maximum Gasteiger partial charge on any atom is 0.573 e. The summed E-state index contributed by atoms with van der Waals surface area (Å²) in [5.41, 5.74) is 0.0689. The van der Waals surface area contributed by atoms with E-state index in [2.05, 4.69) is 45.5 Å². The maximum absolute atomic E-state index is 12.8. The Bertz CT molecular complexity index is 1760. The summed E-state index contributed by atoms with van der Waals surface area (Å²) >= 11 is 0.995. The van der Waals surface area contributed by atoms with Crippen LogP contribution in [0.2, 0.25) is 0 Å². The lowest BCUT2D eigenvalue weighted by Crippen LogP contribution is -2.32. The molecular formula is C28H22F6N8O5S. The first kappa shape index (κ1) is 33.9. The van der Waals surface area contributed by atoms with Gasteiger partial charge in [-0.05, 0) is 48.4 Å². The molecule has 4 heterocycles. The Balaban J connectivity index is 1.15. The van der Waals surface area contributed by atoms with Crippen LogP contribution < -0.4 is 20.3 Å². The molecule has 2 atom stereocenters. The summed E-state index contributed by atoms with van der Waals surface area (Å²) in [4.78, 5) is 42.4. The van der Waals surface area contributed by atoms with Gasteiger partial charge in [-0.25, -0.2) is 4.79 Å². The number of carbonyl (C=O) groups is 3. The van der Waals surface area contributed by atoms with Gasteiger partial charge in [0.1, 0.15) is 10.8 Å². The van der Waals surface area contributed by atoms with Gasteiger partial charge in [0, 0.05) is 25.2 Å². The van der Waals surface area contributed by atoms with Crippen LogP contribution in [-0.4, -0.2) is 68.8 Å². The van der Waals surface area contributed by atoms with Crippen molar-refractivity contribution in [1.29, 1.82) is 0 Å². The van der Waals surface area contributed by atoms with E-state index in [1.165, 1.54) is 42.6 Å². The smallest absolute Gasteiger partial charge is 0.439 e. The summed E-state index contributed by atoms with van der Waals surface area (Å²) in [7, 11) is 0. The van der Waals surface area contributed by atoms with E-state index in [1.54, 1.807) is 6.07 Å². The van der Waals surface area contributed by atoms with Crippen molar-refractivity contribution in [2.24, 2.45) is 0 Å². The first-order chi connectivity index (χ1) is 22.7. The molecule has 48 heavy (non-hydrogen) atoms. The molecule has 2 N–H and O–H groups in total. The average molecular weight is 697 g/mol. The quantitative estimate of drug-likeness (QED) is 0.176. The van der Waals surface area contributed by atoms with Crippen molar-refractivity contribution < 1.29 is 50.2 Å². The Morgan fingerprint density at radius 1 is 0.958 bits per heavy atom. The largest absolute Gasteiger partial charge is 0.573 e. The van der Waals surface area contributed by atoms with Gasteiger partial charge in [-0.1, -0.05) is 29.5 Å². The molecule has 3 aromatic heterocycles. The molecule has 0 spiro atoms. The zero-order chi connectivity index (χ0) is 34.5. The molecule has 13 nitrogen and oxygen atoms in total. The number of nitrogens with one attached hydrogen (secondary N) is 2. The minimum Gasteiger partial charge on any atom is -0.439 e. The molecule has 0 aliphatic carbocycles. The van der Waals surface area contributed by atoms with E-state index in [0.29, 0.717) is 35.9 Å². The summed E-state index contributed by atoms with van der Waals surface area (Å²) < 4.78 is 84.2. The average Bonchev–Trinajstić information content (AvgIpc) is 3.69. The van der Waals surface area contributed by atoms with Gasteiger partial charge in [-0.15, -0.1) is 33.6 Å². The van der Waals surface area contributed by atoms with Gasteiger partial charge >= 0.3 is 18.5 Å². The molecule has 1 aromatic carbocycles. The van der Waals surface area contributed by atoms with E-state index in [4.69, 9.17) is 0 Å². The molecule has 1 aliphatic rings. The highest BCUT2D eigenvalue weighted by Crippen LogP contribution is 2.33.